The van der Waals surface area contributed by atoms with Crippen LogP contribution < -0.4 is 5.32 Å². The Balaban J connectivity index is 1.19. The number of aromatic nitrogens is 3. The molecule has 5 heteroatoms. The van der Waals surface area contributed by atoms with Crippen molar-refractivity contribution in [1.82, 2.24) is 19.9 Å². The van der Waals surface area contributed by atoms with Crippen LogP contribution in [0.5, 0.6) is 0 Å². The van der Waals surface area contributed by atoms with Gasteiger partial charge >= 0.3 is 0 Å². The molecule has 3 heterocycles. The lowest BCUT2D eigenvalue weighted by Crippen LogP contribution is -2.38. The maximum atomic E-state index is 4.73. The third-order valence-electron chi connectivity index (χ3n) is 6.20. The third-order valence-corrected chi connectivity index (χ3v) is 6.20. The van der Waals surface area contributed by atoms with Gasteiger partial charge in [0.1, 0.15) is 5.82 Å². The molecule has 30 heavy (non-hydrogen) atoms. The SMILES string of the molecule is CC(C)(C)c1cc2cc(NC3CCN(Cc4nc5ccccc5[nH]4)CC3)ccc2[nH]1. The number of nitrogens with zero attached hydrogens (tertiary/aromatic N) is 2. The molecule has 5 rings (SSSR count). The van der Waals surface area contributed by atoms with Crippen LogP contribution in [0.4, 0.5) is 5.69 Å². The normalized spacial score (nSPS) is 16.5. The van der Waals surface area contributed by atoms with Crippen LogP contribution in [0, 0.1) is 0 Å². The van der Waals surface area contributed by atoms with E-state index in [0.29, 0.717) is 6.04 Å². The van der Waals surface area contributed by atoms with E-state index in [4.69, 9.17) is 4.98 Å². The predicted octanol–water partition coefficient (Wildman–Crippen LogP) is 5.42. The van der Waals surface area contributed by atoms with Crippen molar-refractivity contribution >= 4 is 27.6 Å². The first-order chi connectivity index (χ1) is 14.4. The van der Waals surface area contributed by atoms with Gasteiger partial charge in [-0.1, -0.05) is 32.9 Å². The number of likely N-dealkylation sites (tertiary alicyclic amines) is 1. The van der Waals surface area contributed by atoms with Crippen LogP contribution in [0.2, 0.25) is 0 Å². The Hall–Kier alpha value is -2.79. The second kappa shape index (κ2) is 7.47. The first kappa shape index (κ1) is 19.2. The summed E-state index contributed by atoms with van der Waals surface area (Å²) in [6.45, 7) is 9.82. The molecule has 156 valence electrons. The van der Waals surface area contributed by atoms with Crippen molar-refractivity contribution in [3.8, 4) is 0 Å². The highest BCUT2D eigenvalue weighted by molar-refractivity contribution is 5.84. The van der Waals surface area contributed by atoms with Crippen LogP contribution in [0.3, 0.4) is 0 Å². The fraction of sp³-hybridized carbons (Fsp3) is 0.400. The van der Waals surface area contributed by atoms with E-state index in [0.717, 1.165) is 49.3 Å². The van der Waals surface area contributed by atoms with Gasteiger partial charge in [-0.05, 0) is 49.2 Å². The molecule has 0 spiro atoms. The number of benzene rings is 2. The van der Waals surface area contributed by atoms with Gasteiger partial charge in [-0.2, -0.15) is 0 Å². The van der Waals surface area contributed by atoms with Crippen molar-refractivity contribution in [2.75, 3.05) is 18.4 Å². The molecule has 4 aromatic rings. The highest BCUT2D eigenvalue weighted by atomic mass is 15.2. The summed E-state index contributed by atoms with van der Waals surface area (Å²) in [6.07, 6.45) is 2.30. The molecule has 0 atom stereocenters. The van der Waals surface area contributed by atoms with E-state index in [1.165, 1.54) is 22.3 Å². The largest absolute Gasteiger partial charge is 0.382 e. The third kappa shape index (κ3) is 3.94. The Morgan fingerprint density at radius 3 is 2.57 bits per heavy atom. The summed E-state index contributed by atoms with van der Waals surface area (Å²) in [4.78, 5) is 14.2. The van der Waals surface area contributed by atoms with Crippen molar-refractivity contribution in [3.05, 3.63) is 60.0 Å². The van der Waals surface area contributed by atoms with E-state index in [2.05, 4.69) is 83.4 Å². The number of nitrogens with one attached hydrogen (secondary N) is 3. The summed E-state index contributed by atoms with van der Waals surface area (Å²) in [7, 11) is 0. The van der Waals surface area contributed by atoms with Crippen molar-refractivity contribution in [1.29, 1.82) is 0 Å². The van der Waals surface area contributed by atoms with Crippen molar-refractivity contribution in [2.45, 2.75) is 51.6 Å². The Bertz CT molecular complexity index is 1120. The monoisotopic (exact) mass is 401 g/mol. The van der Waals surface area contributed by atoms with E-state index in [1.54, 1.807) is 0 Å². The zero-order valence-corrected chi connectivity index (χ0v) is 18.1. The summed E-state index contributed by atoms with van der Waals surface area (Å²) in [5.41, 5.74) is 6.04. The number of aromatic amines is 2. The molecule has 0 amide bonds. The van der Waals surface area contributed by atoms with Gasteiger partial charge in [-0.15, -0.1) is 0 Å². The maximum absolute atomic E-state index is 4.73. The van der Waals surface area contributed by atoms with Gasteiger partial charge in [0.2, 0.25) is 0 Å². The molecular weight excluding hydrogens is 370 g/mol. The second-order valence-electron chi connectivity index (χ2n) is 9.63. The molecule has 2 aromatic carbocycles. The fourth-order valence-corrected chi connectivity index (χ4v) is 4.39. The van der Waals surface area contributed by atoms with Gasteiger partial charge in [-0.3, -0.25) is 4.90 Å². The molecule has 0 unspecified atom stereocenters. The molecule has 0 bridgehead atoms. The lowest BCUT2D eigenvalue weighted by molar-refractivity contribution is 0.207. The molecule has 0 radical (unpaired) electrons. The number of fused-ring (bicyclic) bond motifs is 2. The number of rotatable bonds is 4. The molecule has 5 nitrogen and oxygen atoms in total. The number of hydrogen-bond donors (Lipinski definition) is 3. The van der Waals surface area contributed by atoms with Crippen LogP contribution in [-0.2, 0) is 12.0 Å². The Morgan fingerprint density at radius 1 is 1.00 bits per heavy atom. The summed E-state index contributed by atoms with van der Waals surface area (Å²) >= 11 is 0. The molecule has 1 aliphatic heterocycles. The highest BCUT2D eigenvalue weighted by Gasteiger charge is 2.21. The molecular formula is C25H31N5. The van der Waals surface area contributed by atoms with E-state index in [9.17, 15) is 0 Å². The lowest BCUT2D eigenvalue weighted by atomic mass is 9.92. The van der Waals surface area contributed by atoms with E-state index >= 15 is 0 Å². The molecule has 1 aliphatic rings. The first-order valence-electron chi connectivity index (χ1n) is 11.0. The number of para-hydroxylation sites is 2. The molecule has 0 aliphatic carbocycles. The average molecular weight is 402 g/mol. The van der Waals surface area contributed by atoms with Crippen LogP contribution in [0.15, 0.2) is 48.5 Å². The zero-order valence-electron chi connectivity index (χ0n) is 18.1. The molecule has 3 N–H and O–H groups in total. The van der Waals surface area contributed by atoms with E-state index in [1.807, 2.05) is 6.07 Å². The molecule has 0 saturated carbocycles. The number of imidazole rings is 1. The van der Waals surface area contributed by atoms with Gasteiger partial charge in [0.05, 0.1) is 17.6 Å². The smallest absolute Gasteiger partial charge is 0.121 e. The molecule has 2 aromatic heterocycles. The number of anilines is 1. The maximum Gasteiger partial charge on any atom is 0.121 e. The summed E-state index contributed by atoms with van der Waals surface area (Å²) < 4.78 is 0. The van der Waals surface area contributed by atoms with Gasteiger partial charge in [0.15, 0.2) is 0 Å². The van der Waals surface area contributed by atoms with Gasteiger partial charge in [-0.25, -0.2) is 4.98 Å². The number of H-pyrrole nitrogens is 2. The van der Waals surface area contributed by atoms with E-state index < -0.39 is 0 Å². The minimum atomic E-state index is 0.138. The minimum Gasteiger partial charge on any atom is -0.382 e. The summed E-state index contributed by atoms with van der Waals surface area (Å²) in [5.74, 6) is 1.06. The predicted molar refractivity (Wildman–Crippen MR) is 125 cm³/mol. The van der Waals surface area contributed by atoms with Gasteiger partial charge in [0.25, 0.3) is 0 Å². The Kier molecular flexibility index (Phi) is 4.78. The topological polar surface area (TPSA) is 59.7 Å². The van der Waals surface area contributed by atoms with Crippen LogP contribution >= 0.6 is 0 Å². The van der Waals surface area contributed by atoms with Crippen LogP contribution in [0.25, 0.3) is 21.9 Å². The average Bonchev–Trinajstić information content (AvgIpc) is 3.32. The molecule has 1 fully saturated rings. The van der Waals surface area contributed by atoms with Crippen molar-refractivity contribution in [2.24, 2.45) is 0 Å². The summed E-state index contributed by atoms with van der Waals surface area (Å²) in [6, 6.07) is 17.7. The molecule has 1 saturated heterocycles. The van der Waals surface area contributed by atoms with E-state index in [-0.39, 0.29) is 5.41 Å². The fourth-order valence-electron chi connectivity index (χ4n) is 4.39. The highest BCUT2D eigenvalue weighted by Crippen LogP contribution is 2.28. The quantitative estimate of drug-likeness (QED) is 0.428. The minimum absolute atomic E-state index is 0.138. The number of hydrogen-bond acceptors (Lipinski definition) is 3. The standard InChI is InChI=1S/C25H31N5/c1-25(2,3)23-15-17-14-19(8-9-20(17)27-23)26-18-10-12-30(13-11-18)16-24-28-21-6-4-5-7-22(21)29-24/h4-9,14-15,18,26-27H,10-13,16H2,1-3H3,(H,28,29). The Morgan fingerprint density at radius 2 is 1.80 bits per heavy atom. The van der Waals surface area contributed by atoms with Crippen LogP contribution in [-0.4, -0.2) is 39.0 Å². The zero-order chi connectivity index (χ0) is 20.7. The second-order valence-corrected chi connectivity index (χ2v) is 9.63. The van der Waals surface area contributed by atoms with Gasteiger partial charge in [0, 0.05) is 46.8 Å². The first-order valence-corrected chi connectivity index (χ1v) is 11.0. The van der Waals surface area contributed by atoms with Gasteiger partial charge < -0.3 is 15.3 Å². The lowest BCUT2D eigenvalue weighted by Gasteiger charge is -2.32. The van der Waals surface area contributed by atoms with Crippen molar-refractivity contribution < 1.29 is 0 Å². The Labute approximate surface area is 177 Å². The number of piperidine rings is 1. The summed E-state index contributed by atoms with van der Waals surface area (Å²) in [5, 5.41) is 5.05. The van der Waals surface area contributed by atoms with Crippen molar-refractivity contribution in [3.63, 3.8) is 0 Å². The van der Waals surface area contributed by atoms with Crippen LogP contribution in [0.1, 0.15) is 45.1 Å².